The van der Waals surface area contributed by atoms with Crippen LogP contribution in [0.2, 0.25) is 0 Å². The molecule has 45 heavy (non-hydrogen) atoms. The maximum Gasteiger partial charge on any atom is 0.296 e. The maximum absolute atomic E-state index is 14.1. The lowest BCUT2D eigenvalue weighted by Crippen LogP contribution is -2.46. The summed E-state index contributed by atoms with van der Waals surface area (Å²) in [7, 11) is -4.04. The van der Waals surface area contributed by atoms with Crippen LogP contribution < -0.4 is 16.4 Å². The van der Waals surface area contributed by atoms with Crippen molar-refractivity contribution in [1.29, 1.82) is 5.41 Å². The monoisotopic (exact) mass is 625 g/mol. The number of hydrogen-bond donors (Lipinski definition) is 4. The lowest BCUT2D eigenvalue weighted by molar-refractivity contribution is -0.121. The van der Waals surface area contributed by atoms with E-state index < -0.39 is 32.7 Å². The Kier molecular flexibility index (Phi) is 9.58. The van der Waals surface area contributed by atoms with Crippen molar-refractivity contribution in [2.24, 2.45) is 11.7 Å². The Labute approximate surface area is 262 Å². The molecule has 1 aliphatic rings. The molecule has 2 amide bonds. The number of nitrogens with two attached hydrogens (primary N) is 1. The Morgan fingerprint density at radius 3 is 2.31 bits per heavy atom. The summed E-state index contributed by atoms with van der Waals surface area (Å²) in [6.07, 6.45) is 1.39. The highest BCUT2D eigenvalue weighted by molar-refractivity contribution is 7.91. The number of carbonyl (C=O) groups excluding carboxylic acids is 3. The Bertz CT molecular complexity index is 1830. The molecule has 1 saturated heterocycles. The molecular weight excluding hydrogens is 590 g/mol. The van der Waals surface area contributed by atoms with Gasteiger partial charge in [-0.15, -0.1) is 0 Å². The van der Waals surface area contributed by atoms with Gasteiger partial charge in [-0.25, -0.2) is 8.42 Å². The summed E-state index contributed by atoms with van der Waals surface area (Å²) >= 11 is 0. The van der Waals surface area contributed by atoms with Gasteiger partial charge in [0.25, 0.3) is 11.7 Å². The average molecular weight is 626 g/mol. The fourth-order valence-corrected chi connectivity index (χ4v) is 7.32. The molecule has 1 aliphatic heterocycles. The van der Waals surface area contributed by atoms with Crippen LogP contribution in [0.25, 0.3) is 10.8 Å². The molecule has 1 fully saturated rings. The van der Waals surface area contributed by atoms with E-state index in [1.165, 1.54) is 12.1 Å². The fraction of sp³-hybridized carbons (Fsp3) is 0.235. The Balaban J connectivity index is 1.36. The van der Waals surface area contributed by atoms with Crippen LogP contribution in [0.1, 0.15) is 40.4 Å². The lowest BCUT2D eigenvalue weighted by atomic mass is 9.98. The second-order valence-corrected chi connectivity index (χ2v) is 13.3. The van der Waals surface area contributed by atoms with Gasteiger partial charge in [-0.05, 0) is 59.4 Å². The van der Waals surface area contributed by atoms with E-state index in [0.717, 1.165) is 23.6 Å². The van der Waals surface area contributed by atoms with Crippen molar-refractivity contribution in [1.82, 2.24) is 10.2 Å². The fourth-order valence-electron chi connectivity index (χ4n) is 5.55. The first kappa shape index (κ1) is 31.4. The number of sulfone groups is 1. The topological polar surface area (TPSA) is 163 Å². The third kappa shape index (κ3) is 7.55. The molecule has 0 radical (unpaired) electrons. The van der Waals surface area contributed by atoms with Crippen LogP contribution in [-0.4, -0.2) is 56.5 Å². The van der Waals surface area contributed by atoms with E-state index in [1.807, 2.05) is 24.3 Å². The van der Waals surface area contributed by atoms with E-state index in [0.29, 0.717) is 30.9 Å². The number of Topliss-reactive ketones (excluding diaryl/α,β-unsaturated/α-hetero) is 1. The van der Waals surface area contributed by atoms with Gasteiger partial charge >= 0.3 is 0 Å². The first-order chi connectivity index (χ1) is 21.6. The first-order valence-corrected chi connectivity index (χ1v) is 16.3. The third-order valence-corrected chi connectivity index (χ3v) is 10.1. The van der Waals surface area contributed by atoms with Crippen molar-refractivity contribution in [2.75, 3.05) is 25.0 Å². The number of rotatable bonds is 10. The van der Waals surface area contributed by atoms with Gasteiger partial charge in [-0.2, -0.15) is 0 Å². The highest BCUT2D eigenvalue weighted by Crippen LogP contribution is 2.34. The summed E-state index contributed by atoms with van der Waals surface area (Å²) in [5, 5.41) is 13.6. The highest BCUT2D eigenvalue weighted by atomic mass is 32.2. The number of piperidine rings is 1. The van der Waals surface area contributed by atoms with Crippen molar-refractivity contribution >= 4 is 49.9 Å². The van der Waals surface area contributed by atoms with Crippen LogP contribution in [0.5, 0.6) is 0 Å². The summed E-state index contributed by atoms with van der Waals surface area (Å²) in [4.78, 5) is 40.2. The molecule has 11 heteroatoms. The molecule has 4 aromatic rings. The van der Waals surface area contributed by atoms with Gasteiger partial charge in [0.2, 0.25) is 5.91 Å². The number of anilines is 1. The van der Waals surface area contributed by atoms with Gasteiger partial charge in [0, 0.05) is 37.3 Å². The summed E-state index contributed by atoms with van der Waals surface area (Å²) in [6, 6.07) is 26.6. The van der Waals surface area contributed by atoms with Crippen molar-refractivity contribution in [3.05, 3.63) is 108 Å². The molecule has 0 aromatic heterocycles. The van der Waals surface area contributed by atoms with Gasteiger partial charge < -0.3 is 21.3 Å². The minimum atomic E-state index is -4.04. The van der Waals surface area contributed by atoms with E-state index in [4.69, 9.17) is 11.1 Å². The Morgan fingerprint density at radius 1 is 0.911 bits per heavy atom. The molecule has 2 atom stereocenters. The zero-order chi connectivity index (χ0) is 32.0. The standard InChI is InChI=1S/C34H35N5O5S/c35-34(36)39-18-6-7-23(22-39)21-37-31(40)20-30(45(43,44)29-17-14-24-8-4-5-11-27(24)19-29)25-12-15-28(16-13-25)38-33(42)32(41)26-9-2-1-3-10-26/h1-5,8-17,19,23,30H,6-7,18,20-22H2,(H3,35,36)(H,37,40)(H,38,42). The van der Waals surface area contributed by atoms with Crippen LogP contribution in [0, 0.1) is 11.3 Å². The second-order valence-electron chi connectivity index (χ2n) is 11.2. The summed E-state index contributed by atoms with van der Waals surface area (Å²) in [5.41, 5.74) is 6.58. The van der Waals surface area contributed by atoms with Crippen molar-refractivity contribution in [3.63, 3.8) is 0 Å². The molecule has 5 N–H and O–H groups in total. The normalized spacial score (nSPS) is 15.6. The van der Waals surface area contributed by atoms with Gasteiger partial charge in [0.15, 0.2) is 15.8 Å². The molecule has 232 valence electrons. The molecule has 0 spiro atoms. The Hall–Kier alpha value is -5.03. The number of benzene rings is 4. The second kappa shape index (κ2) is 13.7. The van der Waals surface area contributed by atoms with Crippen LogP contribution >= 0.6 is 0 Å². The lowest BCUT2D eigenvalue weighted by Gasteiger charge is -2.33. The minimum absolute atomic E-state index is 0.00311. The predicted molar refractivity (Wildman–Crippen MR) is 174 cm³/mol. The van der Waals surface area contributed by atoms with Crippen LogP contribution in [0.15, 0.2) is 102 Å². The average Bonchev–Trinajstić information content (AvgIpc) is 3.06. The van der Waals surface area contributed by atoms with Crippen molar-refractivity contribution in [3.8, 4) is 0 Å². The number of carbonyl (C=O) groups is 3. The largest absolute Gasteiger partial charge is 0.370 e. The van der Waals surface area contributed by atoms with E-state index in [9.17, 15) is 22.8 Å². The van der Waals surface area contributed by atoms with E-state index in [2.05, 4.69) is 10.6 Å². The SMILES string of the molecule is N=C(N)N1CCCC(CNC(=O)CC(c2ccc(NC(=O)C(=O)c3ccccc3)cc2)S(=O)(=O)c2ccc3ccccc3c2)C1. The summed E-state index contributed by atoms with van der Waals surface area (Å²) in [5.74, 6) is -1.85. The molecule has 0 bridgehead atoms. The van der Waals surface area contributed by atoms with Crippen molar-refractivity contribution in [2.45, 2.75) is 29.4 Å². The maximum atomic E-state index is 14.1. The predicted octanol–water partition coefficient (Wildman–Crippen LogP) is 4.29. The molecule has 0 aliphatic carbocycles. The molecule has 0 saturated carbocycles. The minimum Gasteiger partial charge on any atom is -0.370 e. The van der Waals surface area contributed by atoms with Crippen LogP contribution in [-0.2, 0) is 19.4 Å². The zero-order valence-corrected chi connectivity index (χ0v) is 25.4. The molecule has 2 unspecified atom stereocenters. The molecule has 10 nitrogen and oxygen atoms in total. The summed E-state index contributed by atoms with van der Waals surface area (Å²) in [6.45, 7) is 1.59. The number of likely N-dealkylation sites (tertiary alicyclic amines) is 1. The number of ketones is 1. The molecular formula is C34H35N5O5S. The number of fused-ring (bicyclic) bond motifs is 1. The number of hydrogen-bond acceptors (Lipinski definition) is 6. The van der Waals surface area contributed by atoms with E-state index in [-0.39, 0.29) is 28.8 Å². The number of nitrogens with zero attached hydrogens (tertiary/aromatic N) is 1. The molecule has 1 heterocycles. The highest BCUT2D eigenvalue weighted by Gasteiger charge is 2.32. The first-order valence-electron chi connectivity index (χ1n) is 14.7. The quantitative estimate of drug-likeness (QED) is 0.0884. The smallest absolute Gasteiger partial charge is 0.296 e. The van der Waals surface area contributed by atoms with Gasteiger partial charge in [0.1, 0.15) is 0 Å². The number of nitrogens with one attached hydrogen (secondary N) is 3. The van der Waals surface area contributed by atoms with Gasteiger partial charge in [0.05, 0.1) is 10.1 Å². The van der Waals surface area contributed by atoms with Crippen molar-refractivity contribution < 1.29 is 22.8 Å². The van der Waals surface area contributed by atoms with E-state index >= 15 is 0 Å². The Morgan fingerprint density at radius 2 is 1.60 bits per heavy atom. The molecule has 5 rings (SSSR count). The van der Waals surface area contributed by atoms with E-state index in [1.54, 1.807) is 65.6 Å². The van der Waals surface area contributed by atoms with Gasteiger partial charge in [-0.3, -0.25) is 19.8 Å². The van der Waals surface area contributed by atoms with Crippen LogP contribution in [0.4, 0.5) is 5.69 Å². The summed E-state index contributed by atoms with van der Waals surface area (Å²) < 4.78 is 28.2. The third-order valence-electron chi connectivity index (χ3n) is 8.02. The number of amides is 2. The molecule has 4 aromatic carbocycles. The number of guanidine groups is 1. The zero-order valence-electron chi connectivity index (χ0n) is 24.6. The van der Waals surface area contributed by atoms with Gasteiger partial charge in [-0.1, -0.05) is 72.8 Å². The van der Waals surface area contributed by atoms with Crippen LogP contribution in [0.3, 0.4) is 0 Å².